The van der Waals surface area contributed by atoms with Gasteiger partial charge in [-0.25, -0.2) is 9.18 Å². The van der Waals surface area contributed by atoms with E-state index >= 15 is 0 Å². The average molecular weight is 253 g/mol. The summed E-state index contributed by atoms with van der Waals surface area (Å²) in [5.74, 6) is -2.46. The number of halogens is 1. The number of carboxylic acid groups (broad SMARTS) is 1. The van der Waals surface area contributed by atoms with Crippen LogP contribution in [0.4, 0.5) is 4.39 Å². The molecule has 0 fully saturated rings. The van der Waals surface area contributed by atoms with Gasteiger partial charge in [0.2, 0.25) is 0 Å². The Morgan fingerprint density at radius 3 is 2.61 bits per heavy atom. The second-order valence-corrected chi connectivity index (χ2v) is 3.99. The van der Waals surface area contributed by atoms with Crippen LogP contribution in [0.1, 0.15) is 36.5 Å². The molecule has 1 amide bonds. The van der Waals surface area contributed by atoms with Crippen molar-refractivity contribution < 1.29 is 19.1 Å². The van der Waals surface area contributed by atoms with Crippen LogP contribution in [0.15, 0.2) is 24.3 Å². The van der Waals surface area contributed by atoms with Crippen molar-refractivity contribution in [2.45, 2.75) is 32.2 Å². The van der Waals surface area contributed by atoms with Gasteiger partial charge in [0.25, 0.3) is 5.91 Å². The van der Waals surface area contributed by atoms with Crippen molar-refractivity contribution in [2.75, 3.05) is 0 Å². The number of rotatable bonds is 6. The van der Waals surface area contributed by atoms with E-state index in [0.29, 0.717) is 12.8 Å². The van der Waals surface area contributed by atoms with Crippen LogP contribution in [0.2, 0.25) is 0 Å². The number of carbonyl (C=O) groups is 2. The molecule has 0 saturated heterocycles. The number of amides is 1. The maximum atomic E-state index is 13.3. The summed E-state index contributed by atoms with van der Waals surface area (Å²) in [6.07, 6.45) is 1.86. The summed E-state index contributed by atoms with van der Waals surface area (Å²) in [7, 11) is 0. The van der Waals surface area contributed by atoms with E-state index < -0.39 is 23.7 Å². The average Bonchev–Trinajstić information content (AvgIpc) is 2.34. The molecule has 2 N–H and O–H groups in total. The molecule has 1 rings (SSSR count). The molecule has 1 atom stereocenters. The summed E-state index contributed by atoms with van der Waals surface area (Å²) in [5, 5.41) is 11.3. The minimum atomic E-state index is -1.10. The number of unbranched alkanes of at least 4 members (excludes halogenated alkanes) is 1. The summed E-state index contributed by atoms with van der Waals surface area (Å²) in [5.41, 5.74) is -0.139. The maximum absolute atomic E-state index is 13.3. The molecule has 0 saturated carbocycles. The number of carbonyl (C=O) groups excluding carboxylic acids is 1. The van der Waals surface area contributed by atoms with Gasteiger partial charge in [-0.05, 0) is 18.6 Å². The smallest absolute Gasteiger partial charge is 0.326 e. The Hall–Kier alpha value is -1.91. The van der Waals surface area contributed by atoms with Gasteiger partial charge in [0, 0.05) is 0 Å². The van der Waals surface area contributed by atoms with Crippen molar-refractivity contribution in [3.8, 4) is 0 Å². The van der Waals surface area contributed by atoms with E-state index in [0.717, 1.165) is 12.5 Å². The summed E-state index contributed by atoms with van der Waals surface area (Å²) in [6, 6.07) is 4.51. The van der Waals surface area contributed by atoms with Crippen LogP contribution in [0.3, 0.4) is 0 Å². The molecule has 1 unspecified atom stereocenters. The first-order valence-corrected chi connectivity index (χ1v) is 5.84. The molecule has 0 aliphatic heterocycles. The van der Waals surface area contributed by atoms with Crippen molar-refractivity contribution in [1.82, 2.24) is 5.32 Å². The number of benzene rings is 1. The van der Waals surface area contributed by atoms with Crippen LogP contribution in [0.25, 0.3) is 0 Å². The lowest BCUT2D eigenvalue weighted by Crippen LogP contribution is -2.41. The topological polar surface area (TPSA) is 66.4 Å². The molecule has 0 radical (unpaired) electrons. The normalized spacial score (nSPS) is 11.9. The van der Waals surface area contributed by atoms with Crippen molar-refractivity contribution in [1.29, 1.82) is 0 Å². The predicted molar refractivity (Wildman–Crippen MR) is 64.8 cm³/mol. The monoisotopic (exact) mass is 253 g/mol. The highest BCUT2D eigenvalue weighted by Crippen LogP contribution is 2.08. The third-order valence-corrected chi connectivity index (χ3v) is 2.57. The van der Waals surface area contributed by atoms with Gasteiger partial charge in [0.05, 0.1) is 5.56 Å². The van der Waals surface area contributed by atoms with Gasteiger partial charge in [0.15, 0.2) is 0 Å². The zero-order chi connectivity index (χ0) is 13.5. The summed E-state index contributed by atoms with van der Waals surface area (Å²) >= 11 is 0. The molecule has 0 aromatic heterocycles. The fourth-order valence-corrected chi connectivity index (χ4v) is 1.55. The molecule has 98 valence electrons. The fraction of sp³-hybridized carbons (Fsp3) is 0.385. The van der Waals surface area contributed by atoms with Crippen LogP contribution >= 0.6 is 0 Å². The predicted octanol–water partition coefficient (Wildman–Crippen LogP) is 2.20. The van der Waals surface area contributed by atoms with Crippen LogP contribution in [0.5, 0.6) is 0 Å². The molecule has 0 bridgehead atoms. The fourth-order valence-electron chi connectivity index (χ4n) is 1.55. The Labute approximate surface area is 105 Å². The lowest BCUT2D eigenvalue weighted by molar-refractivity contribution is -0.139. The third-order valence-electron chi connectivity index (χ3n) is 2.57. The zero-order valence-corrected chi connectivity index (χ0v) is 10.1. The highest BCUT2D eigenvalue weighted by Gasteiger charge is 2.21. The molecule has 0 spiro atoms. The second-order valence-electron chi connectivity index (χ2n) is 3.99. The number of carboxylic acids is 1. The first-order valence-electron chi connectivity index (χ1n) is 5.84. The lowest BCUT2D eigenvalue weighted by atomic mass is 10.1. The molecule has 1 aromatic carbocycles. The van der Waals surface area contributed by atoms with Gasteiger partial charge in [0.1, 0.15) is 11.9 Å². The van der Waals surface area contributed by atoms with Gasteiger partial charge in [-0.2, -0.15) is 0 Å². The van der Waals surface area contributed by atoms with Gasteiger partial charge in [-0.15, -0.1) is 0 Å². The van der Waals surface area contributed by atoms with Gasteiger partial charge >= 0.3 is 5.97 Å². The van der Waals surface area contributed by atoms with E-state index in [-0.39, 0.29) is 5.56 Å². The Morgan fingerprint density at radius 1 is 1.39 bits per heavy atom. The summed E-state index contributed by atoms with van der Waals surface area (Å²) in [4.78, 5) is 22.7. The van der Waals surface area contributed by atoms with Crippen molar-refractivity contribution in [3.05, 3.63) is 35.6 Å². The summed E-state index contributed by atoms with van der Waals surface area (Å²) in [6.45, 7) is 1.93. The first-order chi connectivity index (χ1) is 8.56. The molecular weight excluding hydrogens is 237 g/mol. The number of hydrogen-bond donors (Lipinski definition) is 2. The Bertz CT molecular complexity index is 434. The Morgan fingerprint density at radius 2 is 2.06 bits per heavy atom. The first kappa shape index (κ1) is 14.2. The summed E-state index contributed by atoms with van der Waals surface area (Å²) < 4.78 is 13.3. The molecule has 4 nitrogen and oxygen atoms in total. The molecule has 0 aliphatic carbocycles. The van der Waals surface area contributed by atoms with E-state index in [1.165, 1.54) is 18.2 Å². The van der Waals surface area contributed by atoms with Gasteiger partial charge in [-0.1, -0.05) is 31.9 Å². The zero-order valence-electron chi connectivity index (χ0n) is 10.1. The SMILES string of the molecule is CCCCC(NC(=O)c1ccccc1F)C(=O)O. The molecule has 18 heavy (non-hydrogen) atoms. The van der Waals surface area contributed by atoms with Crippen molar-refractivity contribution in [3.63, 3.8) is 0 Å². The molecule has 1 aromatic rings. The lowest BCUT2D eigenvalue weighted by Gasteiger charge is -2.14. The number of hydrogen-bond acceptors (Lipinski definition) is 2. The van der Waals surface area contributed by atoms with E-state index in [1.807, 2.05) is 6.92 Å². The minimum Gasteiger partial charge on any atom is -0.480 e. The highest BCUT2D eigenvalue weighted by atomic mass is 19.1. The molecular formula is C13H16FNO3. The van der Waals surface area contributed by atoms with E-state index in [1.54, 1.807) is 0 Å². The quantitative estimate of drug-likeness (QED) is 0.816. The maximum Gasteiger partial charge on any atom is 0.326 e. The van der Waals surface area contributed by atoms with Crippen molar-refractivity contribution >= 4 is 11.9 Å². The Balaban J connectivity index is 2.72. The van der Waals surface area contributed by atoms with Crippen LogP contribution in [-0.2, 0) is 4.79 Å². The van der Waals surface area contributed by atoms with Crippen LogP contribution < -0.4 is 5.32 Å². The second kappa shape index (κ2) is 6.74. The van der Waals surface area contributed by atoms with E-state index in [2.05, 4.69) is 5.32 Å². The standard InChI is InChI=1S/C13H16FNO3/c1-2-3-8-11(13(17)18)15-12(16)9-6-4-5-7-10(9)14/h4-7,11H,2-3,8H2,1H3,(H,15,16)(H,17,18). The van der Waals surface area contributed by atoms with Crippen molar-refractivity contribution in [2.24, 2.45) is 0 Å². The van der Waals surface area contributed by atoms with E-state index in [4.69, 9.17) is 5.11 Å². The van der Waals surface area contributed by atoms with Crippen LogP contribution in [0, 0.1) is 5.82 Å². The Kier molecular flexibility index (Phi) is 5.30. The molecule has 0 heterocycles. The number of nitrogens with one attached hydrogen (secondary N) is 1. The highest BCUT2D eigenvalue weighted by molar-refractivity contribution is 5.96. The minimum absolute atomic E-state index is 0.139. The molecule has 0 aliphatic rings. The van der Waals surface area contributed by atoms with Gasteiger partial charge < -0.3 is 10.4 Å². The molecule has 5 heteroatoms. The largest absolute Gasteiger partial charge is 0.480 e. The van der Waals surface area contributed by atoms with E-state index in [9.17, 15) is 14.0 Å². The van der Waals surface area contributed by atoms with Crippen LogP contribution in [-0.4, -0.2) is 23.0 Å². The number of aliphatic carboxylic acids is 1. The van der Waals surface area contributed by atoms with Gasteiger partial charge in [-0.3, -0.25) is 4.79 Å². The third kappa shape index (κ3) is 3.84.